The Bertz CT molecular complexity index is 669. The van der Waals surface area contributed by atoms with Crippen LogP contribution in [0, 0.1) is 6.92 Å². The van der Waals surface area contributed by atoms with Crippen LogP contribution in [0.5, 0.6) is 5.88 Å². The van der Waals surface area contributed by atoms with Gasteiger partial charge >= 0.3 is 0 Å². The van der Waals surface area contributed by atoms with Gasteiger partial charge in [-0.1, -0.05) is 18.2 Å². The number of aromatic nitrogens is 1. The number of hydrogen-bond donors (Lipinski definition) is 0. The molecule has 0 atom stereocenters. The number of likely N-dealkylation sites (tertiary alicyclic amines) is 1. The van der Waals surface area contributed by atoms with Crippen LogP contribution in [0.4, 0.5) is 0 Å². The number of aryl methyl sites for hydroxylation is 1. The summed E-state index contributed by atoms with van der Waals surface area (Å²) in [5.74, 6) is 0.638. The smallest absolute Gasteiger partial charge is 0.254 e. The first-order chi connectivity index (χ1) is 10.1. The second kappa shape index (κ2) is 5.85. The van der Waals surface area contributed by atoms with Crippen molar-refractivity contribution >= 4 is 21.8 Å². The van der Waals surface area contributed by atoms with Crippen molar-refractivity contribution in [1.29, 1.82) is 0 Å². The Morgan fingerprint density at radius 3 is 2.76 bits per heavy atom. The van der Waals surface area contributed by atoms with E-state index < -0.39 is 0 Å². The first-order valence-electron chi connectivity index (χ1n) is 6.77. The number of carbonyl (C=O) groups is 1. The van der Waals surface area contributed by atoms with Crippen LogP contribution in [0.1, 0.15) is 15.9 Å². The number of ether oxygens (including phenoxy) is 1. The van der Waals surface area contributed by atoms with E-state index >= 15 is 0 Å². The summed E-state index contributed by atoms with van der Waals surface area (Å²) in [7, 11) is 0. The van der Waals surface area contributed by atoms with Crippen molar-refractivity contribution in [2.45, 2.75) is 13.0 Å². The first-order valence-corrected chi connectivity index (χ1v) is 7.56. The topological polar surface area (TPSA) is 42.4 Å². The van der Waals surface area contributed by atoms with Crippen LogP contribution in [0.2, 0.25) is 0 Å². The van der Waals surface area contributed by atoms with Crippen molar-refractivity contribution in [1.82, 2.24) is 9.88 Å². The number of amides is 1. The van der Waals surface area contributed by atoms with E-state index in [1.807, 2.05) is 43.3 Å². The van der Waals surface area contributed by atoms with Crippen LogP contribution in [0.25, 0.3) is 0 Å². The van der Waals surface area contributed by atoms with E-state index in [2.05, 4.69) is 20.9 Å². The molecule has 4 nitrogen and oxygen atoms in total. The zero-order chi connectivity index (χ0) is 14.8. The summed E-state index contributed by atoms with van der Waals surface area (Å²) >= 11 is 3.40. The maximum atomic E-state index is 12.4. The van der Waals surface area contributed by atoms with Crippen LogP contribution >= 0.6 is 15.9 Å². The zero-order valence-corrected chi connectivity index (χ0v) is 13.2. The minimum absolute atomic E-state index is 0.00386. The van der Waals surface area contributed by atoms with Gasteiger partial charge in [0.25, 0.3) is 5.91 Å². The fraction of sp³-hybridized carbons (Fsp3) is 0.250. The van der Waals surface area contributed by atoms with Gasteiger partial charge in [-0.15, -0.1) is 0 Å². The highest BCUT2D eigenvalue weighted by molar-refractivity contribution is 9.10. The van der Waals surface area contributed by atoms with Crippen LogP contribution in [-0.2, 0) is 0 Å². The minimum Gasteiger partial charge on any atom is -0.470 e. The lowest BCUT2D eigenvalue weighted by Crippen LogP contribution is -2.56. The molecule has 1 aromatic carbocycles. The largest absolute Gasteiger partial charge is 0.470 e. The number of carbonyl (C=O) groups excluding carboxylic acids is 1. The summed E-state index contributed by atoms with van der Waals surface area (Å²) in [6.07, 6.45) is 1.69. The molecule has 1 fully saturated rings. The predicted octanol–water partition coefficient (Wildman–Crippen LogP) is 3.06. The summed E-state index contributed by atoms with van der Waals surface area (Å²) in [4.78, 5) is 18.3. The molecule has 3 rings (SSSR count). The lowest BCUT2D eigenvalue weighted by atomic mass is 10.0. The molecule has 5 heteroatoms. The van der Waals surface area contributed by atoms with Gasteiger partial charge in [0.2, 0.25) is 5.88 Å². The molecule has 1 saturated heterocycles. The summed E-state index contributed by atoms with van der Waals surface area (Å²) in [5, 5.41) is 0. The number of pyridine rings is 1. The third-order valence-corrected chi connectivity index (χ3v) is 4.12. The van der Waals surface area contributed by atoms with E-state index in [0.717, 1.165) is 15.6 Å². The van der Waals surface area contributed by atoms with Gasteiger partial charge in [-0.2, -0.15) is 0 Å². The number of benzene rings is 1. The molecule has 0 N–H and O–H groups in total. The van der Waals surface area contributed by atoms with E-state index in [0.29, 0.717) is 19.0 Å². The summed E-state index contributed by atoms with van der Waals surface area (Å²) < 4.78 is 6.60. The average molecular weight is 347 g/mol. The summed E-state index contributed by atoms with van der Waals surface area (Å²) in [5.41, 5.74) is 1.76. The molecule has 0 bridgehead atoms. The third-order valence-electron chi connectivity index (χ3n) is 3.51. The maximum Gasteiger partial charge on any atom is 0.254 e. The standard InChI is InChI=1S/C16H15BrN2O2/c1-11-5-2-3-6-13(11)16(20)19-9-12(10-19)21-15-14(17)7-4-8-18-15/h2-8,12H,9-10H2,1H3. The Balaban J connectivity index is 1.60. The molecule has 21 heavy (non-hydrogen) atoms. The van der Waals surface area contributed by atoms with E-state index in [-0.39, 0.29) is 12.0 Å². The van der Waals surface area contributed by atoms with E-state index in [1.54, 1.807) is 11.1 Å². The molecule has 1 aromatic heterocycles. The Kier molecular flexibility index (Phi) is 3.92. The second-order valence-electron chi connectivity index (χ2n) is 5.06. The van der Waals surface area contributed by atoms with E-state index in [1.165, 1.54) is 0 Å². The van der Waals surface area contributed by atoms with Crippen molar-refractivity contribution in [3.8, 4) is 5.88 Å². The number of halogens is 1. The molecule has 1 amide bonds. The van der Waals surface area contributed by atoms with Crippen LogP contribution in [0.15, 0.2) is 47.1 Å². The van der Waals surface area contributed by atoms with Crippen LogP contribution in [-0.4, -0.2) is 35.0 Å². The maximum absolute atomic E-state index is 12.4. The van der Waals surface area contributed by atoms with E-state index in [4.69, 9.17) is 4.74 Å². The Hall–Kier alpha value is -1.88. The SMILES string of the molecule is Cc1ccccc1C(=O)N1CC(Oc2ncccc2Br)C1. The Labute approximate surface area is 131 Å². The quantitative estimate of drug-likeness (QED) is 0.857. The average Bonchev–Trinajstić information content (AvgIpc) is 2.44. The third kappa shape index (κ3) is 2.93. The van der Waals surface area contributed by atoms with Crippen molar-refractivity contribution in [3.63, 3.8) is 0 Å². The van der Waals surface area contributed by atoms with Crippen molar-refractivity contribution in [3.05, 3.63) is 58.2 Å². The predicted molar refractivity (Wildman–Crippen MR) is 83.4 cm³/mol. The molecular weight excluding hydrogens is 332 g/mol. The molecule has 2 aromatic rings. The molecule has 2 heterocycles. The first kappa shape index (κ1) is 14.1. The van der Waals surface area contributed by atoms with E-state index in [9.17, 15) is 4.79 Å². The number of nitrogens with zero attached hydrogens (tertiary/aromatic N) is 2. The highest BCUT2D eigenvalue weighted by Crippen LogP contribution is 2.25. The van der Waals surface area contributed by atoms with Gasteiger partial charge < -0.3 is 9.64 Å². The Morgan fingerprint density at radius 2 is 2.05 bits per heavy atom. The van der Waals surface area contributed by atoms with Gasteiger partial charge in [-0.3, -0.25) is 4.79 Å². The molecular formula is C16H15BrN2O2. The molecule has 0 unspecified atom stereocenters. The van der Waals surface area contributed by atoms with Crippen molar-refractivity contribution in [2.75, 3.05) is 13.1 Å². The van der Waals surface area contributed by atoms with Crippen LogP contribution in [0.3, 0.4) is 0 Å². The summed E-state index contributed by atoms with van der Waals surface area (Å²) in [6, 6.07) is 11.4. The molecule has 0 spiro atoms. The number of rotatable bonds is 3. The molecule has 0 aliphatic carbocycles. The highest BCUT2D eigenvalue weighted by Gasteiger charge is 2.33. The van der Waals surface area contributed by atoms with Gasteiger partial charge in [0, 0.05) is 11.8 Å². The Morgan fingerprint density at radius 1 is 1.29 bits per heavy atom. The van der Waals surface area contributed by atoms with Crippen molar-refractivity contribution in [2.24, 2.45) is 0 Å². The lowest BCUT2D eigenvalue weighted by Gasteiger charge is -2.39. The summed E-state index contributed by atoms with van der Waals surface area (Å²) in [6.45, 7) is 3.14. The monoisotopic (exact) mass is 346 g/mol. The van der Waals surface area contributed by atoms with Crippen LogP contribution < -0.4 is 4.74 Å². The molecule has 0 radical (unpaired) electrons. The second-order valence-corrected chi connectivity index (χ2v) is 5.91. The highest BCUT2D eigenvalue weighted by atomic mass is 79.9. The van der Waals surface area contributed by atoms with Gasteiger partial charge in [0.15, 0.2) is 0 Å². The normalized spacial score (nSPS) is 14.7. The van der Waals surface area contributed by atoms with Gasteiger partial charge in [-0.05, 0) is 46.6 Å². The number of hydrogen-bond acceptors (Lipinski definition) is 3. The molecule has 1 aliphatic heterocycles. The fourth-order valence-corrected chi connectivity index (χ4v) is 2.63. The minimum atomic E-state index is 0.00386. The fourth-order valence-electron chi connectivity index (χ4n) is 2.28. The molecule has 1 aliphatic rings. The van der Waals surface area contributed by atoms with Crippen molar-refractivity contribution < 1.29 is 9.53 Å². The zero-order valence-electron chi connectivity index (χ0n) is 11.6. The van der Waals surface area contributed by atoms with Gasteiger partial charge in [0.05, 0.1) is 17.6 Å². The molecule has 0 saturated carbocycles. The van der Waals surface area contributed by atoms with Gasteiger partial charge in [0.1, 0.15) is 6.10 Å². The molecule has 108 valence electrons. The van der Waals surface area contributed by atoms with Gasteiger partial charge in [-0.25, -0.2) is 4.98 Å². The lowest BCUT2D eigenvalue weighted by molar-refractivity contribution is 0.0156.